The van der Waals surface area contributed by atoms with E-state index in [0.717, 1.165) is 24.3 Å². The SMILES string of the molecule is [N-]=[N+]=C(C(=O)c1ccc(F)cc1)S(=O)(=O)c1ccccc1. The van der Waals surface area contributed by atoms with Gasteiger partial charge in [-0.1, -0.05) is 18.2 Å². The van der Waals surface area contributed by atoms with E-state index in [1.807, 2.05) is 0 Å². The lowest BCUT2D eigenvalue weighted by Gasteiger charge is -2.00. The number of carbonyl (C=O) groups is 1. The average Bonchev–Trinajstić information content (AvgIpc) is 2.49. The highest BCUT2D eigenvalue weighted by Gasteiger charge is 2.37. The van der Waals surface area contributed by atoms with Gasteiger partial charge in [-0.2, -0.15) is 0 Å². The van der Waals surface area contributed by atoms with Crippen LogP contribution >= 0.6 is 0 Å². The van der Waals surface area contributed by atoms with Gasteiger partial charge in [0, 0.05) is 5.56 Å². The van der Waals surface area contributed by atoms with E-state index < -0.39 is 26.5 Å². The summed E-state index contributed by atoms with van der Waals surface area (Å²) < 4.78 is 37.3. The van der Waals surface area contributed by atoms with Gasteiger partial charge >= 0.3 is 5.04 Å². The number of benzene rings is 2. The van der Waals surface area contributed by atoms with Crippen LogP contribution in [0.15, 0.2) is 59.5 Å². The summed E-state index contributed by atoms with van der Waals surface area (Å²) in [5.74, 6) is -1.58. The van der Waals surface area contributed by atoms with E-state index in [2.05, 4.69) is 4.79 Å². The predicted molar refractivity (Wildman–Crippen MR) is 73.0 cm³/mol. The van der Waals surface area contributed by atoms with Gasteiger partial charge in [-0.15, -0.1) is 4.79 Å². The molecule has 0 aliphatic rings. The van der Waals surface area contributed by atoms with Crippen molar-refractivity contribution in [2.75, 3.05) is 0 Å². The molecule has 0 heterocycles. The highest BCUT2D eigenvalue weighted by atomic mass is 32.2. The zero-order chi connectivity index (χ0) is 15.5. The van der Waals surface area contributed by atoms with Crippen molar-refractivity contribution >= 4 is 20.7 Å². The van der Waals surface area contributed by atoms with Crippen molar-refractivity contribution in [2.45, 2.75) is 4.90 Å². The minimum Gasteiger partial charge on any atom is -0.360 e. The van der Waals surface area contributed by atoms with E-state index in [1.165, 1.54) is 24.3 Å². The maximum Gasteiger partial charge on any atom is 0.456 e. The summed E-state index contributed by atoms with van der Waals surface area (Å²) in [6.07, 6.45) is 0. The van der Waals surface area contributed by atoms with Crippen molar-refractivity contribution in [1.82, 2.24) is 0 Å². The molecular weight excluding hydrogens is 295 g/mol. The number of hydrogen-bond donors (Lipinski definition) is 0. The van der Waals surface area contributed by atoms with Crippen LogP contribution in [-0.2, 0) is 9.84 Å². The Labute approximate surface area is 120 Å². The summed E-state index contributed by atoms with van der Waals surface area (Å²) in [4.78, 5) is 14.6. The topological polar surface area (TPSA) is 87.6 Å². The second-order valence-corrected chi connectivity index (χ2v) is 5.92. The Morgan fingerprint density at radius 3 is 2.10 bits per heavy atom. The van der Waals surface area contributed by atoms with Crippen LogP contribution in [0, 0.1) is 5.82 Å². The van der Waals surface area contributed by atoms with E-state index in [0.29, 0.717) is 0 Å². The monoisotopic (exact) mass is 304 g/mol. The van der Waals surface area contributed by atoms with Crippen LogP contribution in [0.4, 0.5) is 4.39 Å². The fourth-order valence-corrected chi connectivity index (χ4v) is 2.87. The third kappa shape index (κ3) is 2.94. The molecule has 2 aromatic carbocycles. The molecule has 0 aliphatic heterocycles. The van der Waals surface area contributed by atoms with Gasteiger partial charge in [0.25, 0.3) is 15.6 Å². The molecule has 0 spiro atoms. The zero-order valence-corrected chi connectivity index (χ0v) is 11.4. The lowest BCUT2D eigenvalue weighted by molar-refractivity contribution is -0.00158. The predicted octanol–water partition coefficient (Wildman–Crippen LogP) is 2.11. The molecule has 0 amide bonds. The first kappa shape index (κ1) is 14.8. The Morgan fingerprint density at radius 2 is 1.57 bits per heavy atom. The number of carbonyl (C=O) groups excluding carboxylic acids is 1. The summed E-state index contributed by atoms with van der Waals surface area (Å²) in [6.45, 7) is 0. The van der Waals surface area contributed by atoms with Crippen molar-refractivity contribution in [2.24, 2.45) is 0 Å². The minimum absolute atomic E-state index is 0.0938. The standard InChI is InChI=1S/C14H9FN2O3S/c15-11-8-6-10(7-9-11)13(18)14(17-16)21(19,20)12-4-2-1-3-5-12/h1-9H. The van der Waals surface area contributed by atoms with Crippen LogP contribution < -0.4 is 0 Å². The third-order valence-electron chi connectivity index (χ3n) is 2.70. The summed E-state index contributed by atoms with van der Waals surface area (Å²) >= 11 is 0. The summed E-state index contributed by atoms with van der Waals surface area (Å²) in [7, 11) is -4.25. The molecule has 0 unspecified atom stereocenters. The molecule has 0 bridgehead atoms. The number of hydrogen-bond acceptors (Lipinski definition) is 3. The summed E-state index contributed by atoms with van der Waals surface area (Å²) in [6, 6.07) is 11.4. The molecule has 0 saturated carbocycles. The van der Waals surface area contributed by atoms with E-state index in [4.69, 9.17) is 5.53 Å². The molecular formula is C14H9FN2O3S. The molecule has 0 aromatic heterocycles. The van der Waals surface area contributed by atoms with E-state index in [-0.39, 0.29) is 10.5 Å². The van der Waals surface area contributed by atoms with Crippen molar-refractivity contribution in [3.05, 3.63) is 71.5 Å². The maximum atomic E-state index is 12.8. The number of nitrogens with zero attached hydrogens (tertiary/aromatic N) is 2. The highest BCUT2D eigenvalue weighted by Crippen LogP contribution is 2.14. The van der Waals surface area contributed by atoms with Gasteiger partial charge in [0.1, 0.15) is 5.82 Å². The molecule has 2 aromatic rings. The zero-order valence-electron chi connectivity index (χ0n) is 10.6. The van der Waals surface area contributed by atoms with Gasteiger partial charge in [-0.3, -0.25) is 4.79 Å². The molecule has 2 rings (SSSR count). The van der Waals surface area contributed by atoms with Crippen molar-refractivity contribution < 1.29 is 22.4 Å². The summed E-state index contributed by atoms with van der Waals surface area (Å²) in [5.41, 5.74) is 8.83. The van der Waals surface area contributed by atoms with Crippen LogP contribution in [0.5, 0.6) is 0 Å². The van der Waals surface area contributed by atoms with Gasteiger partial charge in [0.2, 0.25) is 0 Å². The molecule has 5 nitrogen and oxygen atoms in total. The van der Waals surface area contributed by atoms with Gasteiger partial charge < -0.3 is 5.53 Å². The molecule has 7 heteroatoms. The molecule has 0 atom stereocenters. The maximum absolute atomic E-state index is 12.8. The lowest BCUT2D eigenvalue weighted by atomic mass is 10.1. The van der Waals surface area contributed by atoms with Crippen molar-refractivity contribution in [1.29, 1.82) is 0 Å². The average molecular weight is 304 g/mol. The number of halogens is 1. The van der Waals surface area contributed by atoms with Crippen molar-refractivity contribution in [3.63, 3.8) is 0 Å². The molecule has 0 radical (unpaired) electrons. The Balaban J connectivity index is 2.48. The van der Waals surface area contributed by atoms with Crippen LogP contribution in [0.1, 0.15) is 10.4 Å². The van der Waals surface area contributed by atoms with Gasteiger partial charge in [-0.05, 0) is 36.4 Å². The largest absolute Gasteiger partial charge is 0.456 e. The van der Waals surface area contributed by atoms with Gasteiger partial charge in [0.05, 0.1) is 4.90 Å². The van der Waals surface area contributed by atoms with Crippen LogP contribution in [0.3, 0.4) is 0 Å². The second-order valence-electron chi connectivity index (χ2n) is 4.06. The Hall–Kier alpha value is -2.63. The van der Waals surface area contributed by atoms with E-state index >= 15 is 0 Å². The molecule has 106 valence electrons. The number of ketones is 1. The Bertz CT molecular complexity index is 824. The fourth-order valence-electron chi connectivity index (χ4n) is 1.66. The summed E-state index contributed by atoms with van der Waals surface area (Å²) in [5, 5.41) is -1.01. The molecule has 0 saturated heterocycles. The van der Waals surface area contributed by atoms with Gasteiger partial charge in [-0.25, -0.2) is 12.8 Å². The Morgan fingerprint density at radius 1 is 1.00 bits per heavy atom. The molecule has 0 fully saturated rings. The normalized spacial score (nSPS) is 10.7. The van der Waals surface area contributed by atoms with E-state index in [9.17, 15) is 17.6 Å². The lowest BCUT2D eigenvalue weighted by Crippen LogP contribution is -2.26. The minimum atomic E-state index is -4.25. The third-order valence-corrected chi connectivity index (χ3v) is 4.37. The van der Waals surface area contributed by atoms with Gasteiger partial charge in [0.15, 0.2) is 0 Å². The highest BCUT2D eigenvalue weighted by molar-refractivity contribution is 8.08. The first-order valence-corrected chi connectivity index (χ1v) is 7.27. The number of sulfone groups is 1. The van der Waals surface area contributed by atoms with Crippen molar-refractivity contribution in [3.8, 4) is 0 Å². The molecule has 0 N–H and O–H groups in total. The number of Topliss-reactive ketones (excluding diaryl/α,β-unsaturated/α-hetero) is 1. The molecule has 21 heavy (non-hydrogen) atoms. The van der Waals surface area contributed by atoms with E-state index in [1.54, 1.807) is 6.07 Å². The first-order chi connectivity index (χ1) is 9.96. The first-order valence-electron chi connectivity index (χ1n) is 5.79. The Kier molecular flexibility index (Phi) is 4.07. The van der Waals surface area contributed by atoms with Crippen LogP contribution in [0.25, 0.3) is 5.53 Å². The smallest absolute Gasteiger partial charge is 0.360 e. The fraction of sp³-hybridized carbons (Fsp3) is 0. The molecule has 0 aliphatic carbocycles. The van der Waals surface area contributed by atoms with Crippen LogP contribution in [-0.4, -0.2) is 24.0 Å². The number of rotatable bonds is 3. The van der Waals surface area contributed by atoms with Crippen LogP contribution in [0.2, 0.25) is 0 Å². The quantitative estimate of drug-likeness (QED) is 0.286. The second kappa shape index (κ2) is 5.78.